The van der Waals surface area contributed by atoms with Crippen molar-refractivity contribution in [2.45, 2.75) is 96.9 Å². The Morgan fingerprint density at radius 3 is 2.46 bits per heavy atom. The average molecular weight is 369 g/mol. The predicted molar refractivity (Wildman–Crippen MR) is 99.6 cm³/mol. The Labute approximate surface area is 158 Å². The third kappa shape index (κ3) is 4.99. The van der Waals surface area contributed by atoms with Crippen LogP contribution in [-0.2, 0) is 23.8 Å². The molecular formula is C21H36O5. The molecule has 0 radical (unpaired) electrons. The first-order valence-corrected chi connectivity index (χ1v) is 10.1. The third-order valence-electron chi connectivity index (χ3n) is 6.08. The largest absolute Gasteiger partial charge is 0.469 e. The molecule has 0 amide bonds. The molecule has 0 N–H and O–H groups in total. The second kappa shape index (κ2) is 8.28. The zero-order valence-corrected chi connectivity index (χ0v) is 17.3. The zero-order chi connectivity index (χ0) is 19.5. The Morgan fingerprint density at radius 2 is 1.88 bits per heavy atom. The van der Waals surface area contributed by atoms with Gasteiger partial charge in [0.05, 0.1) is 19.1 Å². The second-order valence-electron chi connectivity index (χ2n) is 9.23. The van der Waals surface area contributed by atoms with Crippen molar-refractivity contribution >= 4 is 11.9 Å². The molecule has 0 bridgehead atoms. The van der Waals surface area contributed by atoms with Crippen LogP contribution in [0, 0.1) is 17.8 Å². The van der Waals surface area contributed by atoms with Crippen molar-refractivity contribution in [2.75, 3.05) is 7.11 Å². The van der Waals surface area contributed by atoms with Crippen molar-refractivity contribution in [3.8, 4) is 0 Å². The summed E-state index contributed by atoms with van der Waals surface area (Å²) in [4.78, 5) is 25.3. The first kappa shape index (κ1) is 21.2. The lowest BCUT2D eigenvalue weighted by atomic mass is 9.75. The molecule has 2 aliphatic rings. The minimum absolute atomic E-state index is 0.0830. The topological polar surface area (TPSA) is 61.8 Å². The summed E-state index contributed by atoms with van der Waals surface area (Å²) in [6, 6.07) is 0. The number of ether oxygens (including phenoxy) is 3. The van der Waals surface area contributed by atoms with Gasteiger partial charge >= 0.3 is 11.9 Å². The number of carbonyl (C=O) groups is 2. The number of methoxy groups -OCH3 is 1. The van der Waals surface area contributed by atoms with Crippen molar-refractivity contribution in [2.24, 2.45) is 17.8 Å². The van der Waals surface area contributed by atoms with Crippen LogP contribution in [0.3, 0.4) is 0 Å². The molecule has 0 aromatic carbocycles. The third-order valence-corrected chi connectivity index (χ3v) is 6.08. The van der Waals surface area contributed by atoms with Crippen LogP contribution in [0.1, 0.15) is 79.6 Å². The monoisotopic (exact) mass is 368 g/mol. The molecule has 2 unspecified atom stereocenters. The van der Waals surface area contributed by atoms with Gasteiger partial charge in [0, 0.05) is 0 Å². The highest BCUT2D eigenvalue weighted by Crippen LogP contribution is 2.41. The van der Waals surface area contributed by atoms with E-state index in [1.807, 2.05) is 13.8 Å². The molecule has 5 nitrogen and oxygen atoms in total. The highest BCUT2D eigenvalue weighted by Gasteiger charge is 2.51. The van der Waals surface area contributed by atoms with Crippen LogP contribution in [0.4, 0.5) is 0 Å². The smallest absolute Gasteiger partial charge is 0.339 e. The van der Waals surface area contributed by atoms with Crippen LogP contribution >= 0.6 is 0 Å². The Kier molecular flexibility index (Phi) is 6.75. The standard InChI is InChI=1S/C21H36O5/c1-14(2)16-9-8-15(3)12-17(16)25-19(23)21(13-18(22)24-6)11-7-10-20(4,5)26-21/h14-17H,7-13H2,1-6H3/t15?,16-,17?,21-/m1/s1. The Hall–Kier alpha value is -1.10. The van der Waals surface area contributed by atoms with Gasteiger partial charge in [0.25, 0.3) is 0 Å². The maximum Gasteiger partial charge on any atom is 0.339 e. The van der Waals surface area contributed by atoms with Gasteiger partial charge in [-0.15, -0.1) is 0 Å². The lowest BCUT2D eigenvalue weighted by molar-refractivity contribution is -0.219. The van der Waals surface area contributed by atoms with Gasteiger partial charge in [0.1, 0.15) is 6.10 Å². The molecule has 1 saturated heterocycles. The number of rotatable bonds is 5. The van der Waals surface area contributed by atoms with Gasteiger partial charge in [-0.3, -0.25) is 4.79 Å². The normalized spacial score (nSPS) is 34.3. The summed E-state index contributed by atoms with van der Waals surface area (Å²) >= 11 is 0. The SMILES string of the molecule is COC(=O)C[C@@]1(C(=O)OC2CC(C)CC[C@@H]2C(C)C)CCCC(C)(C)O1. The highest BCUT2D eigenvalue weighted by atomic mass is 16.6. The van der Waals surface area contributed by atoms with Crippen LogP contribution in [0.5, 0.6) is 0 Å². The van der Waals surface area contributed by atoms with E-state index >= 15 is 0 Å². The molecule has 5 heteroatoms. The minimum Gasteiger partial charge on any atom is -0.469 e. The van der Waals surface area contributed by atoms with Gasteiger partial charge in [-0.1, -0.05) is 27.2 Å². The Morgan fingerprint density at radius 1 is 1.19 bits per heavy atom. The van der Waals surface area contributed by atoms with Crippen LogP contribution in [0.15, 0.2) is 0 Å². The van der Waals surface area contributed by atoms with E-state index in [1.165, 1.54) is 13.5 Å². The summed E-state index contributed by atoms with van der Waals surface area (Å²) in [6.07, 6.45) is 5.13. The molecule has 2 fully saturated rings. The van der Waals surface area contributed by atoms with Crippen molar-refractivity contribution in [1.82, 2.24) is 0 Å². The van der Waals surface area contributed by atoms with E-state index in [9.17, 15) is 9.59 Å². The molecule has 1 saturated carbocycles. The van der Waals surface area contributed by atoms with E-state index in [2.05, 4.69) is 20.8 Å². The fraction of sp³-hybridized carbons (Fsp3) is 0.905. The van der Waals surface area contributed by atoms with E-state index in [0.29, 0.717) is 24.2 Å². The van der Waals surface area contributed by atoms with Gasteiger partial charge in [-0.25, -0.2) is 4.79 Å². The van der Waals surface area contributed by atoms with Gasteiger partial charge in [0.15, 0.2) is 5.60 Å². The van der Waals surface area contributed by atoms with Crippen LogP contribution in [0.25, 0.3) is 0 Å². The molecule has 150 valence electrons. The Bertz CT molecular complexity index is 513. The summed E-state index contributed by atoms with van der Waals surface area (Å²) in [5.74, 6) is 0.545. The van der Waals surface area contributed by atoms with Crippen molar-refractivity contribution in [3.05, 3.63) is 0 Å². The van der Waals surface area contributed by atoms with Crippen molar-refractivity contribution in [1.29, 1.82) is 0 Å². The van der Waals surface area contributed by atoms with Crippen molar-refractivity contribution < 1.29 is 23.8 Å². The predicted octanol–water partition coefficient (Wildman–Crippen LogP) is 4.27. The molecule has 0 aromatic rings. The van der Waals surface area contributed by atoms with Crippen LogP contribution in [0.2, 0.25) is 0 Å². The first-order chi connectivity index (χ1) is 12.1. The summed E-state index contributed by atoms with van der Waals surface area (Å²) in [7, 11) is 1.34. The quantitative estimate of drug-likeness (QED) is 0.678. The van der Waals surface area contributed by atoms with Gasteiger partial charge in [-0.05, 0) is 63.7 Å². The molecule has 0 spiro atoms. The lowest BCUT2D eigenvalue weighted by Crippen LogP contribution is -2.54. The van der Waals surface area contributed by atoms with Gasteiger partial charge in [-0.2, -0.15) is 0 Å². The van der Waals surface area contributed by atoms with E-state index < -0.39 is 17.2 Å². The van der Waals surface area contributed by atoms with Gasteiger partial charge < -0.3 is 14.2 Å². The lowest BCUT2D eigenvalue weighted by Gasteiger charge is -2.45. The van der Waals surface area contributed by atoms with E-state index in [0.717, 1.165) is 25.7 Å². The number of hydrogen-bond acceptors (Lipinski definition) is 5. The molecule has 4 atom stereocenters. The average Bonchev–Trinajstić information content (AvgIpc) is 2.53. The molecular weight excluding hydrogens is 332 g/mol. The fourth-order valence-electron chi connectivity index (χ4n) is 4.57. The summed E-state index contributed by atoms with van der Waals surface area (Å²) < 4.78 is 17.1. The molecule has 1 heterocycles. The first-order valence-electron chi connectivity index (χ1n) is 10.1. The number of esters is 2. The minimum atomic E-state index is -1.23. The zero-order valence-electron chi connectivity index (χ0n) is 17.3. The second-order valence-corrected chi connectivity index (χ2v) is 9.23. The summed E-state index contributed by atoms with van der Waals surface area (Å²) in [5.41, 5.74) is -1.68. The summed E-state index contributed by atoms with van der Waals surface area (Å²) in [6.45, 7) is 10.5. The molecule has 1 aliphatic carbocycles. The number of hydrogen-bond donors (Lipinski definition) is 0. The van der Waals surface area contributed by atoms with Crippen molar-refractivity contribution in [3.63, 3.8) is 0 Å². The maximum absolute atomic E-state index is 13.2. The van der Waals surface area contributed by atoms with E-state index in [-0.39, 0.29) is 18.5 Å². The highest BCUT2D eigenvalue weighted by molar-refractivity contribution is 5.86. The fourth-order valence-corrected chi connectivity index (χ4v) is 4.57. The van der Waals surface area contributed by atoms with Crippen LogP contribution < -0.4 is 0 Å². The molecule has 26 heavy (non-hydrogen) atoms. The van der Waals surface area contributed by atoms with E-state index in [1.54, 1.807) is 0 Å². The maximum atomic E-state index is 13.2. The number of carbonyl (C=O) groups excluding carboxylic acids is 2. The molecule has 2 rings (SSSR count). The van der Waals surface area contributed by atoms with Crippen LogP contribution in [-0.4, -0.2) is 36.4 Å². The molecule has 1 aliphatic heterocycles. The Balaban J connectivity index is 2.21. The van der Waals surface area contributed by atoms with Gasteiger partial charge in [0.2, 0.25) is 0 Å². The molecule has 0 aromatic heterocycles. The summed E-state index contributed by atoms with van der Waals surface area (Å²) in [5, 5.41) is 0. The van der Waals surface area contributed by atoms with E-state index in [4.69, 9.17) is 14.2 Å².